The van der Waals surface area contributed by atoms with Gasteiger partial charge in [-0.2, -0.15) is 0 Å². The fourth-order valence-corrected chi connectivity index (χ4v) is 2.55. The zero-order valence-corrected chi connectivity index (χ0v) is 12.1. The number of rotatable bonds is 1. The molecule has 0 radical (unpaired) electrons. The van der Waals surface area contributed by atoms with Crippen molar-refractivity contribution in [1.82, 2.24) is 4.98 Å². The zero-order chi connectivity index (χ0) is 13.6. The molecule has 0 unspecified atom stereocenters. The molecule has 2 aromatic heterocycles. The van der Waals surface area contributed by atoms with Crippen LogP contribution >= 0.6 is 22.6 Å². The van der Waals surface area contributed by atoms with Crippen LogP contribution in [0.15, 0.2) is 33.6 Å². The molecule has 19 heavy (non-hydrogen) atoms. The SMILES string of the molecule is Cc1oc2c(cnc3ccc(I)cc32)c(=O)c1C=O. The average Bonchev–Trinajstić information content (AvgIpc) is 2.39. The van der Waals surface area contributed by atoms with Crippen LogP contribution in [0.5, 0.6) is 0 Å². The number of aromatic nitrogens is 1. The van der Waals surface area contributed by atoms with E-state index < -0.39 is 0 Å². The summed E-state index contributed by atoms with van der Waals surface area (Å²) in [6.07, 6.45) is 1.99. The van der Waals surface area contributed by atoms with Gasteiger partial charge in [0.1, 0.15) is 16.9 Å². The fourth-order valence-electron chi connectivity index (χ4n) is 2.06. The summed E-state index contributed by atoms with van der Waals surface area (Å²) in [5.41, 5.74) is 0.965. The highest BCUT2D eigenvalue weighted by atomic mass is 127. The number of fused-ring (bicyclic) bond motifs is 3. The number of carbonyl (C=O) groups excluding carboxylic acids is 1. The molecule has 0 aliphatic rings. The summed E-state index contributed by atoms with van der Waals surface area (Å²) in [5.74, 6) is 0.332. The molecule has 0 amide bonds. The largest absolute Gasteiger partial charge is 0.460 e. The van der Waals surface area contributed by atoms with Crippen molar-refractivity contribution >= 4 is 50.7 Å². The Morgan fingerprint density at radius 2 is 2.11 bits per heavy atom. The highest BCUT2D eigenvalue weighted by Crippen LogP contribution is 2.24. The molecular formula is C14H8INO3. The van der Waals surface area contributed by atoms with Gasteiger partial charge in [0.05, 0.1) is 10.9 Å². The first-order valence-corrected chi connectivity index (χ1v) is 6.66. The maximum Gasteiger partial charge on any atom is 0.205 e. The van der Waals surface area contributed by atoms with Crippen LogP contribution in [0.4, 0.5) is 0 Å². The monoisotopic (exact) mass is 365 g/mol. The number of nitrogens with zero attached hydrogens (tertiary/aromatic N) is 1. The number of carbonyl (C=O) groups is 1. The van der Waals surface area contributed by atoms with Gasteiger partial charge in [0.15, 0.2) is 6.29 Å². The highest BCUT2D eigenvalue weighted by Gasteiger charge is 2.13. The Bertz CT molecular complexity index is 883. The Labute approximate surface area is 121 Å². The molecule has 0 atom stereocenters. The molecule has 0 saturated carbocycles. The zero-order valence-electron chi connectivity index (χ0n) is 9.94. The van der Waals surface area contributed by atoms with Crippen molar-refractivity contribution in [1.29, 1.82) is 0 Å². The third-order valence-corrected chi connectivity index (χ3v) is 3.69. The van der Waals surface area contributed by atoms with Gasteiger partial charge in [0.25, 0.3) is 0 Å². The summed E-state index contributed by atoms with van der Waals surface area (Å²) < 4.78 is 6.69. The van der Waals surface area contributed by atoms with Gasteiger partial charge in [-0.05, 0) is 47.7 Å². The average molecular weight is 365 g/mol. The minimum atomic E-state index is -0.331. The van der Waals surface area contributed by atoms with Crippen LogP contribution in [0.1, 0.15) is 16.1 Å². The van der Waals surface area contributed by atoms with Gasteiger partial charge in [0, 0.05) is 15.2 Å². The van der Waals surface area contributed by atoms with Gasteiger partial charge in [-0.3, -0.25) is 14.6 Å². The minimum absolute atomic E-state index is 0.0549. The standard InChI is InChI=1S/C14H8INO3/c1-7-11(6-17)13(18)10-5-16-12-3-2-8(15)4-9(12)14(10)19-7/h2-6H,1H3. The Morgan fingerprint density at radius 3 is 2.84 bits per heavy atom. The Balaban J connectivity index is 2.60. The van der Waals surface area contributed by atoms with E-state index in [9.17, 15) is 9.59 Å². The highest BCUT2D eigenvalue weighted by molar-refractivity contribution is 14.1. The van der Waals surface area contributed by atoms with Crippen molar-refractivity contribution in [2.24, 2.45) is 0 Å². The van der Waals surface area contributed by atoms with Gasteiger partial charge >= 0.3 is 0 Å². The van der Waals surface area contributed by atoms with Gasteiger partial charge in [-0.25, -0.2) is 0 Å². The predicted molar refractivity (Wildman–Crippen MR) is 80.6 cm³/mol. The van der Waals surface area contributed by atoms with E-state index in [1.165, 1.54) is 6.20 Å². The second kappa shape index (κ2) is 4.41. The van der Waals surface area contributed by atoms with E-state index in [2.05, 4.69) is 27.6 Å². The molecule has 4 nitrogen and oxygen atoms in total. The number of hydrogen-bond donors (Lipinski definition) is 0. The van der Waals surface area contributed by atoms with Gasteiger partial charge < -0.3 is 4.42 Å². The van der Waals surface area contributed by atoms with Crippen LogP contribution in [-0.2, 0) is 0 Å². The number of pyridine rings is 1. The molecule has 0 saturated heterocycles. The van der Waals surface area contributed by atoms with E-state index in [1.54, 1.807) is 6.92 Å². The maximum absolute atomic E-state index is 12.2. The second-order valence-corrected chi connectivity index (χ2v) is 5.43. The Morgan fingerprint density at radius 1 is 1.32 bits per heavy atom. The number of benzene rings is 1. The first-order chi connectivity index (χ1) is 9.11. The molecule has 0 spiro atoms. The Kier molecular flexibility index (Phi) is 2.85. The molecular weight excluding hydrogens is 357 g/mol. The molecule has 0 bridgehead atoms. The summed E-state index contributed by atoms with van der Waals surface area (Å²) in [6.45, 7) is 1.62. The van der Waals surface area contributed by atoms with Crippen LogP contribution in [-0.4, -0.2) is 11.3 Å². The maximum atomic E-state index is 12.2. The lowest BCUT2D eigenvalue weighted by Crippen LogP contribution is -2.10. The Hall–Kier alpha value is -1.76. The van der Waals surface area contributed by atoms with Gasteiger partial charge in [-0.15, -0.1) is 0 Å². The number of aryl methyl sites for hydroxylation is 1. The van der Waals surface area contributed by atoms with Crippen LogP contribution in [0.3, 0.4) is 0 Å². The lowest BCUT2D eigenvalue weighted by atomic mass is 10.1. The lowest BCUT2D eigenvalue weighted by molar-refractivity contribution is 0.112. The third-order valence-electron chi connectivity index (χ3n) is 3.02. The molecule has 0 N–H and O–H groups in total. The first kappa shape index (κ1) is 12.3. The van der Waals surface area contributed by atoms with Gasteiger partial charge in [-0.1, -0.05) is 0 Å². The van der Waals surface area contributed by atoms with E-state index in [4.69, 9.17) is 4.42 Å². The van der Waals surface area contributed by atoms with Crippen LogP contribution < -0.4 is 5.43 Å². The number of hydrogen-bond acceptors (Lipinski definition) is 4. The summed E-state index contributed by atoms with van der Waals surface area (Å²) in [7, 11) is 0. The van der Waals surface area contributed by atoms with E-state index in [0.29, 0.717) is 23.0 Å². The summed E-state index contributed by atoms with van der Waals surface area (Å²) in [6, 6.07) is 5.72. The van der Waals surface area contributed by atoms with Crippen LogP contribution in [0.2, 0.25) is 0 Å². The summed E-state index contributed by atoms with van der Waals surface area (Å²) >= 11 is 2.19. The molecule has 0 fully saturated rings. The smallest absolute Gasteiger partial charge is 0.205 e. The molecule has 3 rings (SSSR count). The normalized spacial score (nSPS) is 11.1. The first-order valence-electron chi connectivity index (χ1n) is 5.58. The molecule has 2 heterocycles. The molecule has 0 aliphatic carbocycles. The van der Waals surface area contributed by atoms with Gasteiger partial charge in [0.2, 0.25) is 5.43 Å². The van der Waals surface area contributed by atoms with E-state index in [-0.39, 0.29) is 11.0 Å². The quantitative estimate of drug-likeness (QED) is 0.378. The van der Waals surface area contributed by atoms with Crippen molar-refractivity contribution in [3.05, 3.63) is 49.5 Å². The molecule has 1 aromatic carbocycles. The molecule has 5 heteroatoms. The summed E-state index contributed by atoms with van der Waals surface area (Å²) in [5, 5.41) is 1.12. The van der Waals surface area contributed by atoms with Crippen LogP contribution in [0, 0.1) is 10.5 Å². The predicted octanol–water partition coefficient (Wildman–Crippen LogP) is 3.07. The van der Waals surface area contributed by atoms with Crippen molar-refractivity contribution in [2.45, 2.75) is 6.92 Å². The molecule has 94 valence electrons. The fraction of sp³-hybridized carbons (Fsp3) is 0.0714. The van der Waals surface area contributed by atoms with Crippen molar-refractivity contribution in [2.75, 3.05) is 0 Å². The lowest BCUT2D eigenvalue weighted by Gasteiger charge is -2.05. The molecule has 3 aromatic rings. The number of aldehydes is 1. The van der Waals surface area contributed by atoms with Crippen molar-refractivity contribution in [3.8, 4) is 0 Å². The van der Waals surface area contributed by atoms with E-state index in [0.717, 1.165) is 14.5 Å². The summed E-state index contributed by atoms with van der Waals surface area (Å²) in [4.78, 5) is 27.3. The van der Waals surface area contributed by atoms with E-state index >= 15 is 0 Å². The topological polar surface area (TPSA) is 60.2 Å². The van der Waals surface area contributed by atoms with Crippen molar-refractivity contribution in [3.63, 3.8) is 0 Å². The van der Waals surface area contributed by atoms with E-state index in [1.807, 2.05) is 18.2 Å². The third kappa shape index (κ3) is 1.85. The van der Waals surface area contributed by atoms with Crippen LogP contribution in [0.25, 0.3) is 21.9 Å². The van der Waals surface area contributed by atoms with Crippen molar-refractivity contribution < 1.29 is 9.21 Å². The minimum Gasteiger partial charge on any atom is -0.460 e. The number of halogens is 1. The second-order valence-electron chi connectivity index (χ2n) is 4.18. The molecule has 0 aliphatic heterocycles.